The molecule has 0 aromatic carbocycles. The topological polar surface area (TPSA) is 49.7 Å². The number of hydrogen-bond donors (Lipinski definition) is 2. The van der Waals surface area contributed by atoms with Crippen molar-refractivity contribution in [3.63, 3.8) is 0 Å². The van der Waals surface area contributed by atoms with Crippen molar-refractivity contribution in [2.24, 2.45) is 5.92 Å². The van der Waals surface area contributed by atoms with Crippen molar-refractivity contribution in [1.29, 1.82) is 0 Å². The molecule has 2 fully saturated rings. The summed E-state index contributed by atoms with van der Waals surface area (Å²) in [5, 5.41) is 20.9. The molecule has 2 rings (SSSR count). The first-order chi connectivity index (χ1) is 11.8. The maximum Gasteiger partial charge on any atom is 0.129 e. The van der Waals surface area contributed by atoms with Gasteiger partial charge in [0.15, 0.2) is 0 Å². The van der Waals surface area contributed by atoms with Crippen LogP contribution in [0, 0.1) is 5.92 Å². The Kier molecular flexibility index (Phi) is 6.55. The molecule has 2 saturated carbocycles. The van der Waals surface area contributed by atoms with Crippen LogP contribution in [-0.4, -0.2) is 83.7 Å². The Morgan fingerprint density at radius 1 is 1.23 bits per heavy atom. The number of hydrogen-bond acceptors (Lipinski definition) is 3. The fourth-order valence-corrected chi connectivity index (χ4v) is 16.2. The van der Waals surface area contributed by atoms with Gasteiger partial charge in [-0.15, -0.1) is 0 Å². The molecule has 3 nitrogen and oxygen atoms in total. The van der Waals surface area contributed by atoms with Crippen molar-refractivity contribution in [2.45, 2.75) is 69.5 Å². The second kappa shape index (κ2) is 7.44. The van der Waals surface area contributed by atoms with Crippen LogP contribution in [0.25, 0.3) is 0 Å². The highest BCUT2D eigenvalue weighted by molar-refractivity contribution is 7.89. The van der Waals surface area contributed by atoms with E-state index in [-0.39, 0.29) is 21.0 Å². The Bertz CT molecular complexity index is 624. The number of aliphatic hydroxyl groups is 2. The van der Waals surface area contributed by atoms with Crippen LogP contribution in [0.15, 0.2) is 0 Å². The van der Waals surface area contributed by atoms with Gasteiger partial charge in [-0.3, -0.25) is 0 Å². The van der Waals surface area contributed by atoms with Gasteiger partial charge in [0, 0.05) is 6.89 Å². The smallest absolute Gasteiger partial charge is 0.129 e. The number of aliphatic hydroxyl groups excluding tert-OH is 1. The van der Waals surface area contributed by atoms with Crippen LogP contribution in [0.3, 0.4) is 0 Å². The molecule has 2 radical (unpaired) electrons. The summed E-state index contributed by atoms with van der Waals surface area (Å²) in [4.78, 5) is 0. The lowest BCUT2D eigenvalue weighted by Crippen LogP contribution is -2.49. The van der Waals surface area contributed by atoms with E-state index in [4.69, 9.17) is 18.9 Å². The van der Waals surface area contributed by atoms with Gasteiger partial charge >= 0.3 is 0 Å². The molecular formula is C19H36BO3P3+2. The van der Waals surface area contributed by atoms with E-state index in [1.807, 2.05) is 0 Å². The van der Waals surface area contributed by atoms with Gasteiger partial charge in [0.1, 0.15) is 35.8 Å². The molecule has 0 amide bonds. The van der Waals surface area contributed by atoms with Crippen LogP contribution in [0.4, 0.5) is 0 Å². The molecule has 0 aromatic rings. The minimum atomic E-state index is -1.75. The Morgan fingerprint density at radius 2 is 1.69 bits per heavy atom. The summed E-state index contributed by atoms with van der Waals surface area (Å²) in [6, 6.07) is 0. The summed E-state index contributed by atoms with van der Waals surface area (Å²) < 4.78 is 6.70. The average Bonchev–Trinajstić information content (AvgIpc) is 3.23. The van der Waals surface area contributed by atoms with Crippen molar-refractivity contribution >= 4 is 48.7 Å². The molecule has 0 spiro atoms. The first kappa shape index (κ1) is 22.9. The fraction of sp³-hybridized carbons (Fsp3) is 0.842. The lowest BCUT2D eigenvalue weighted by atomic mass is 9.73. The van der Waals surface area contributed by atoms with Gasteiger partial charge in [-0.1, -0.05) is 6.30 Å². The maximum atomic E-state index is 10.8. The normalized spacial score (nSPS) is 39.9. The predicted molar refractivity (Wildman–Crippen MR) is 125 cm³/mol. The molecule has 0 aliphatic heterocycles. The first-order valence-electron chi connectivity index (χ1n) is 9.46. The lowest BCUT2D eigenvalue weighted by Gasteiger charge is -2.41. The number of rotatable bonds is 9. The van der Waals surface area contributed by atoms with E-state index in [0.717, 1.165) is 30.6 Å². The van der Waals surface area contributed by atoms with Gasteiger partial charge in [-0.25, -0.2) is 0 Å². The molecule has 2 unspecified atom stereocenters. The molecule has 26 heavy (non-hydrogen) atoms. The molecule has 146 valence electrons. The monoisotopic (exact) mass is 416 g/mol. The number of ether oxygens (including phenoxy) is 1. The zero-order valence-electron chi connectivity index (χ0n) is 17.1. The van der Waals surface area contributed by atoms with E-state index < -0.39 is 35.4 Å². The van der Waals surface area contributed by atoms with E-state index >= 15 is 0 Å². The van der Waals surface area contributed by atoms with Gasteiger partial charge in [-0.05, 0) is 52.8 Å². The molecule has 0 heterocycles. The van der Waals surface area contributed by atoms with Crippen molar-refractivity contribution < 1.29 is 14.9 Å². The van der Waals surface area contributed by atoms with Gasteiger partial charge in [0.2, 0.25) is 0 Å². The molecular weight excluding hydrogens is 380 g/mol. The molecule has 2 aliphatic rings. The molecule has 0 saturated heterocycles. The second-order valence-electron chi connectivity index (χ2n) is 8.87. The Hall–Kier alpha value is 0.585. The first-order valence-corrected chi connectivity index (χ1v) is 15.6. The highest BCUT2D eigenvalue weighted by Crippen LogP contribution is 2.72. The summed E-state index contributed by atoms with van der Waals surface area (Å²) >= 11 is 0. The van der Waals surface area contributed by atoms with E-state index in [9.17, 15) is 10.2 Å². The predicted octanol–water partition coefficient (Wildman–Crippen LogP) is 3.81. The third kappa shape index (κ3) is 3.73. The third-order valence-electron chi connectivity index (χ3n) is 6.55. The van der Waals surface area contributed by atoms with Gasteiger partial charge < -0.3 is 14.9 Å². The highest BCUT2D eigenvalue weighted by Gasteiger charge is 2.76. The summed E-state index contributed by atoms with van der Waals surface area (Å²) in [6.45, 7) is 8.51. The van der Waals surface area contributed by atoms with E-state index in [2.05, 4.69) is 40.3 Å². The van der Waals surface area contributed by atoms with Crippen molar-refractivity contribution in [3.05, 3.63) is 0 Å². The summed E-state index contributed by atoms with van der Waals surface area (Å²) in [5.41, 5.74) is -2.02. The molecule has 2 N–H and O–H groups in total. The zero-order valence-corrected chi connectivity index (χ0v) is 19.8. The van der Waals surface area contributed by atoms with Gasteiger partial charge in [-0.2, -0.15) is 0 Å². The third-order valence-corrected chi connectivity index (χ3v) is 18.2. The molecule has 0 bridgehead atoms. The van der Waals surface area contributed by atoms with Crippen LogP contribution in [0.2, 0.25) is 5.82 Å². The maximum absolute atomic E-state index is 10.8. The standard InChI is InChI=1S/C19H36BO3P3/c1-9-24(6)12-26(8,13-25(7)10-2)17(3,4)23-19-11-14(19)15(20)18(5,22)16(19)21/h14-16,21-22H,6-13H2,1-5H3/q+2/t14-,15-,16+,18+,19+/m1/s1. The molecule has 0 aromatic heterocycles. The van der Waals surface area contributed by atoms with Crippen molar-refractivity contribution in [2.75, 3.05) is 24.1 Å². The van der Waals surface area contributed by atoms with Crippen LogP contribution in [0.5, 0.6) is 0 Å². The summed E-state index contributed by atoms with van der Waals surface area (Å²) in [6.07, 6.45) is 15.4. The quantitative estimate of drug-likeness (QED) is 0.444. The Labute approximate surface area is 163 Å². The highest BCUT2D eigenvalue weighted by atomic mass is 31.2. The molecule has 7 atom stereocenters. The van der Waals surface area contributed by atoms with E-state index in [0.29, 0.717) is 0 Å². The summed E-state index contributed by atoms with van der Waals surface area (Å²) in [7, 11) is 5.55. The molecule has 2 aliphatic carbocycles. The number of fused-ring (bicyclic) bond motifs is 1. The average molecular weight is 416 g/mol. The summed E-state index contributed by atoms with van der Waals surface area (Å²) in [5.74, 6) is 1.62. The SMILES string of the molecule is [B][C@@H]1[C@H]2C[C@@]2(OC(C)(C)P(=C)(C[P+](=C)CC)C[P+](=C)CC)[C@@H](O)[C@@]1(C)O. The minimum Gasteiger partial charge on any atom is -0.388 e. The van der Waals surface area contributed by atoms with E-state index in [1.54, 1.807) is 6.92 Å². The van der Waals surface area contributed by atoms with Crippen LogP contribution in [0.1, 0.15) is 41.0 Å². The minimum absolute atomic E-state index is 0.0140. The largest absolute Gasteiger partial charge is 0.388 e. The fourth-order valence-electron chi connectivity index (χ4n) is 4.20. The van der Waals surface area contributed by atoms with E-state index in [1.165, 1.54) is 0 Å². The molecule has 7 heteroatoms. The van der Waals surface area contributed by atoms with Crippen LogP contribution >= 0.6 is 22.0 Å². The zero-order chi connectivity index (χ0) is 20.1. The van der Waals surface area contributed by atoms with Gasteiger partial charge in [0.05, 0.1) is 46.5 Å². The van der Waals surface area contributed by atoms with Crippen LogP contribution < -0.4 is 0 Å². The van der Waals surface area contributed by atoms with Gasteiger partial charge in [0.25, 0.3) is 0 Å². The van der Waals surface area contributed by atoms with Crippen molar-refractivity contribution in [1.82, 2.24) is 0 Å². The Balaban J connectivity index is 2.32. The lowest BCUT2D eigenvalue weighted by molar-refractivity contribution is -0.145. The van der Waals surface area contributed by atoms with Crippen LogP contribution in [-0.2, 0) is 4.74 Å². The Morgan fingerprint density at radius 3 is 2.04 bits per heavy atom. The van der Waals surface area contributed by atoms with Crippen molar-refractivity contribution in [3.8, 4) is 0 Å². The second-order valence-corrected chi connectivity index (χ2v) is 18.4.